The van der Waals surface area contributed by atoms with Gasteiger partial charge in [0.1, 0.15) is 36.2 Å². The monoisotopic (exact) mass is 577 g/mol. The normalized spacial score (nSPS) is 41.8. The van der Waals surface area contributed by atoms with Crippen molar-refractivity contribution in [1.29, 1.82) is 5.26 Å². The lowest BCUT2D eigenvalue weighted by Crippen LogP contribution is -2.46. The average molecular weight is 578 g/mol. The smallest absolute Gasteiger partial charge is 0.226 e. The Hall–Kier alpha value is -1.55. The molecule has 4 fully saturated rings. The Labute approximate surface area is 232 Å². The van der Waals surface area contributed by atoms with Crippen molar-refractivity contribution in [2.75, 3.05) is 5.73 Å². The summed E-state index contributed by atoms with van der Waals surface area (Å²) in [6.07, 6.45) is 2.03. The Bertz CT molecular complexity index is 1390. The van der Waals surface area contributed by atoms with Crippen molar-refractivity contribution in [2.45, 2.75) is 93.1 Å². The molecule has 9 unspecified atom stereocenters. The van der Waals surface area contributed by atoms with Gasteiger partial charge in [-0.3, -0.25) is 0 Å². The van der Waals surface area contributed by atoms with E-state index in [-0.39, 0.29) is 10.9 Å². The average Bonchev–Trinajstić information content (AvgIpc) is 3.18. The molecule has 0 amide bonds. The minimum Gasteiger partial charge on any atom is -0.382 e. The Morgan fingerprint density at radius 2 is 2.11 bits per heavy atom. The quantitative estimate of drug-likeness (QED) is 0.298. The molecule has 13 heteroatoms. The van der Waals surface area contributed by atoms with Crippen molar-refractivity contribution in [2.24, 2.45) is 5.92 Å². The van der Waals surface area contributed by atoms with Crippen LogP contribution < -0.4 is 5.73 Å². The van der Waals surface area contributed by atoms with Crippen LogP contribution in [0.25, 0.3) is 5.52 Å². The third kappa shape index (κ3) is 3.82. The van der Waals surface area contributed by atoms with Crippen LogP contribution in [0.2, 0.25) is 0 Å². The van der Waals surface area contributed by atoms with Gasteiger partial charge in [-0.05, 0) is 76.8 Å². The Balaban J connectivity index is 1.26. The molecule has 0 aromatic carbocycles. The van der Waals surface area contributed by atoms with Crippen LogP contribution in [0.4, 0.5) is 5.82 Å². The maximum Gasteiger partial charge on any atom is 0.226 e. The van der Waals surface area contributed by atoms with Crippen LogP contribution in [0, 0.1) is 17.2 Å². The number of allylic oxidation sites excluding steroid dienone is 1. The first-order chi connectivity index (χ1) is 17.8. The second kappa shape index (κ2) is 8.72. The van der Waals surface area contributed by atoms with E-state index < -0.39 is 42.5 Å². The number of nitriles is 1. The molecule has 0 radical (unpaired) electrons. The van der Waals surface area contributed by atoms with Crippen LogP contribution in [0.3, 0.4) is 0 Å². The topological polar surface area (TPSA) is 126 Å². The summed E-state index contributed by atoms with van der Waals surface area (Å²) in [6, 6.07) is 5.86. The van der Waals surface area contributed by atoms with E-state index in [2.05, 4.69) is 36.6 Å². The van der Waals surface area contributed by atoms with E-state index in [1.807, 2.05) is 13.8 Å². The minimum absolute atomic E-state index is 0.159. The molecule has 2 aromatic rings. The number of hydrogen-bond donors (Lipinski definition) is 2. The molecule has 4 aliphatic rings. The summed E-state index contributed by atoms with van der Waals surface area (Å²) in [5.74, 6) is -0.300. The molecule has 4 heterocycles. The number of aromatic nitrogens is 3. The van der Waals surface area contributed by atoms with Crippen LogP contribution in [0.1, 0.15) is 52.7 Å². The molecule has 0 bridgehead atoms. The zero-order valence-electron chi connectivity index (χ0n) is 21.7. The number of rotatable bonds is 6. The number of hydrogen-bond acceptors (Lipinski definition) is 11. The molecule has 10 nitrogen and oxygen atoms in total. The molecule has 2 aromatic heterocycles. The number of nitrogens with two attached hydrogens (primary N) is 1. The molecular weight excluding hydrogens is 545 g/mol. The third-order valence-electron chi connectivity index (χ3n) is 8.35. The fourth-order valence-electron chi connectivity index (χ4n) is 6.29. The van der Waals surface area contributed by atoms with Crippen molar-refractivity contribution in [3.05, 3.63) is 36.3 Å². The molecule has 38 heavy (non-hydrogen) atoms. The van der Waals surface area contributed by atoms with Crippen LogP contribution in [0.5, 0.6) is 0 Å². The van der Waals surface area contributed by atoms with Gasteiger partial charge < -0.3 is 29.0 Å². The van der Waals surface area contributed by atoms with Gasteiger partial charge in [0.15, 0.2) is 24.4 Å². The first-order valence-electron chi connectivity index (χ1n) is 12.7. The lowest BCUT2D eigenvalue weighted by molar-refractivity contribution is -0.188. The number of thiol groups is 1. The molecule has 2 saturated heterocycles. The number of ether oxygens (including phenoxy) is 3. The first kappa shape index (κ1) is 26.7. The summed E-state index contributed by atoms with van der Waals surface area (Å²) < 4.78 is 33.1. The first-order valence-corrected chi connectivity index (χ1v) is 15.5. The Kier molecular flexibility index (Phi) is 6.12. The van der Waals surface area contributed by atoms with Crippen molar-refractivity contribution >= 4 is 42.9 Å². The highest BCUT2D eigenvalue weighted by Gasteiger charge is 2.89. The molecule has 1 spiro atoms. The lowest BCUT2D eigenvalue weighted by atomic mass is 9.77. The van der Waals surface area contributed by atoms with Gasteiger partial charge in [-0.1, -0.05) is 12.2 Å². The van der Waals surface area contributed by atoms with Crippen LogP contribution >= 0.6 is 19.8 Å². The van der Waals surface area contributed by atoms with E-state index in [9.17, 15) is 5.26 Å². The highest BCUT2D eigenvalue weighted by molar-refractivity contribution is 8.00. The number of fused-ring (bicyclic) bond motifs is 1. The maximum atomic E-state index is 10.5. The van der Waals surface area contributed by atoms with Gasteiger partial charge in [-0.25, -0.2) is 9.50 Å². The van der Waals surface area contributed by atoms with Gasteiger partial charge >= 0.3 is 0 Å². The van der Waals surface area contributed by atoms with Crippen molar-refractivity contribution < 1.29 is 23.3 Å². The SMILES string of the molecule is C=C(C)C1CCC(C)(S)C(O[PH](=S)OC2C3OC(C#N)(c4ccc5c(N)ncnn45)C4OC(C)(C)OC234)C1. The van der Waals surface area contributed by atoms with Crippen molar-refractivity contribution in [3.63, 3.8) is 0 Å². The summed E-state index contributed by atoms with van der Waals surface area (Å²) in [5.41, 5.74) is 5.73. The van der Waals surface area contributed by atoms with Gasteiger partial charge in [0.25, 0.3) is 0 Å². The number of nitrogens with zero attached hydrogens (tertiary/aromatic N) is 4. The minimum atomic E-state index is -2.14. The van der Waals surface area contributed by atoms with Gasteiger partial charge in [0, 0.05) is 4.75 Å². The lowest BCUT2D eigenvalue weighted by Gasteiger charge is -2.41. The Morgan fingerprint density at radius 1 is 1.34 bits per heavy atom. The van der Waals surface area contributed by atoms with Gasteiger partial charge in [-0.15, -0.1) is 0 Å². The molecular formula is C25H32N5O5PS2. The van der Waals surface area contributed by atoms with E-state index >= 15 is 0 Å². The molecule has 204 valence electrons. The van der Waals surface area contributed by atoms with Crippen LogP contribution in [-0.4, -0.2) is 55.1 Å². The second-order valence-electron chi connectivity index (χ2n) is 11.5. The van der Waals surface area contributed by atoms with Gasteiger partial charge in [-0.2, -0.15) is 23.0 Å². The zero-order valence-corrected chi connectivity index (χ0v) is 24.4. The molecule has 2 aliphatic heterocycles. The number of nitrogen functional groups attached to an aromatic ring is 1. The van der Waals surface area contributed by atoms with E-state index in [4.69, 9.17) is 53.4 Å². The summed E-state index contributed by atoms with van der Waals surface area (Å²) >= 11 is 10.6. The second-order valence-corrected chi connectivity index (χ2v) is 14.5. The Morgan fingerprint density at radius 3 is 2.82 bits per heavy atom. The number of anilines is 1. The van der Waals surface area contributed by atoms with E-state index in [0.717, 1.165) is 24.8 Å². The summed E-state index contributed by atoms with van der Waals surface area (Å²) in [7, 11) is -2.14. The fourth-order valence-corrected chi connectivity index (χ4v) is 8.49. The van der Waals surface area contributed by atoms with E-state index in [1.165, 1.54) is 6.33 Å². The summed E-state index contributed by atoms with van der Waals surface area (Å²) in [4.78, 5) is 4.04. The summed E-state index contributed by atoms with van der Waals surface area (Å²) in [6.45, 7) is 11.9. The van der Waals surface area contributed by atoms with Gasteiger partial charge in [0.05, 0.1) is 11.8 Å². The van der Waals surface area contributed by atoms with E-state index in [0.29, 0.717) is 22.9 Å². The van der Waals surface area contributed by atoms with Crippen molar-refractivity contribution in [1.82, 2.24) is 14.6 Å². The standard InChI is InChI=1S/C25H32N5O5PS2/c1-13(2)14-8-9-23(5,37)17(10-14)33-36(38)34-19-18-25(19)21(32-22(3,4)35-25)24(11-26,31-18)16-7-6-15-20(27)28-12-29-30(15)16/h6-7,12,14,17-19,21,36-37H,1,8-10H2,2-5H3,(H2,27,28,29). The summed E-state index contributed by atoms with van der Waals surface area (Å²) in [5, 5.41) is 14.8. The molecule has 2 aliphatic carbocycles. The molecule has 2 N–H and O–H groups in total. The fraction of sp³-hybridized carbons (Fsp3) is 0.640. The maximum absolute atomic E-state index is 10.5. The highest BCUT2D eigenvalue weighted by Crippen LogP contribution is 2.68. The zero-order chi connectivity index (χ0) is 27.3. The van der Waals surface area contributed by atoms with E-state index in [1.54, 1.807) is 16.6 Å². The predicted molar refractivity (Wildman–Crippen MR) is 147 cm³/mol. The van der Waals surface area contributed by atoms with Crippen LogP contribution in [0.15, 0.2) is 30.6 Å². The molecule has 2 saturated carbocycles. The molecule has 6 rings (SSSR count). The van der Waals surface area contributed by atoms with Crippen LogP contribution in [-0.2, 0) is 40.7 Å². The largest absolute Gasteiger partial charge is 0.382 e. The highest BCUT2D eigenvalue weighted by atomic mass is 32.4. The molecule has 9 atom stereocenters. The third-order valence-corrected chi connectivity index (χ3v) is 10.4. The predicted octanol–water partition coefficient (Wildman–Crippen LogP) is 3.67. The van der Waals surface area contributed by atoms with Gasteiger partial charge in [0.2, 0.25) is 5.60 Å². The van der Waals surface area contributed by atoms with Crippen molar-refractivity contribution in [3.8, 4) is 6.07 Å².